The summed E-state index contributed by atoms with van der Waals surface area (Å²) in [7, 11) is 0. The van der Waals surface area contributed by atoms with Crippen LogP contribution in [-0.4, -0.2) is 129 Å². The number of ketones is 3. The number of amides is 3. The van der Waals surface area contributed by atoms with Gasteiger partial charge in [0, 0.05) is 57.7 Å². The maximum Gasteiger partial charge on any atom is 0.326 e. The van der Waals surface area contributed by atoms with E-state index in [1.54, 1.807) is 13.8 Å². The third-order valence-corrected chi connectivity index (χ3v) is 10.4. The fourth-order valence-corrected chi connectivity index (χ4v) is 6.58. The Labute approximate surface area is 389 Å². The molecule has 17 heteroatoms. The van der Waals surface area contributed by atoms with Crippen LogP contribution in [0.25, 0.3) is 0 Å². The van der Waals surface area contributed by atoms with Crippen molar-refractivity contribution in [2.45, 2.75) is 188 Å². The van der Waals surface area contributed by atoms with Crippen molar-refractivity contribution in [2.24, 2.45) is 5.92 Å². The largest absolute Gasteiger partial charge is 0.481 e. The Balaban J connectivity index is 0. The molecule has 0 unspecified atom stereocenters. The monoisotopic (exact) mass is 930 g/mol. The van der Waals surface area contributed by atoms with Crippen LogP contribution >= 0.6 is 0 Å². The summed E-state index contributed by atoms with van der Waals surface area (Å²) in [6.45, 7) is 9.43. The van der Waals surface area contributed by atoms with Gasteiger partial charge >= 0.3 is 11.9 Å². The van der Waals surface area contributed by atoms with E-state index >= 15 is 0 Å². The van der Waals surface area contributed by atoms with Gasteiger partial charge in [-0.25, -0.2) is 4.79 Å². The molecule has 0 aromatic heterocycles. The van der Waals surface area contributed by atoms with Crippen LogP contribution in [0.4, 0.5) is 0 Å². The Morgan fingerprint density at radius 1 is 0.477 bits per heavy atom. The molecule has 0 aliphatic rings. The van der Waals surface area contributed by atoms with Crippen LogP contribution in [-0.2, 0) is 57.3 Å². The first kappa shape index (κ1) is 63.3. The van der Waals surface area contributed by atoms with E-state index in [9.17, 15) is 43.5 Å². The predicted octanol–water partition coefficient (Wildman–Crippen LogP) is 6.69. The highest BCUT2D eigenvalue weighted by Gasteiger charge is 2.21. The van der Waals surface area contributed by atoms with Gasteiger partial charge in [0.1, 0.15) is 36.6 Å². The molecule has 0 saturated carbocycles. The van der Waals surface area contributed by atoms with Gasteiger partial charge in [-0.05, 0) is 65.2 Å². The number of rotatable bonds is 46. The van der Waals surface area contributed by atoms with Crippen molar-refractivity contribution >= 4 is 47.0 Å². The van der Waals surface area contributed by atoms with Gasteiger partial charge in [-0.1, -0.05) is 84.5 Å². The number of carboxylic acid groups (broad SMARTS) is 2. The van der Waals surface area contributed by atoms with Crippen molar-refractivity contribution in [3.8, 4) is 0 Å². The lowest BCUT2D eigenvalue weighted by molar-refractivity contribution is -0.142. The highest BCUT2D eigenvalue weighted by atomic mass is 16.5. The third-order valence-electron chi connectivity index (χ3n) is 10.4. The summed E-state index contributed by atoms with van der Waals surface area (Å²) >= 11 is 0. The molecule has 0 saturated heterocycles. The topological polar surface area (TPSA) is 250 Å². The minimum absolute atomic E-state index is 0.0336. The molecule has 0 aromatic carbocycles. The second kappa shape index (κ2) is 46.7. The number of unbranched alkanes of at least 4 members (excludes halogenated alkanes) is 12. The average molecular weight is 930 g/mol. The molecule has 0 spiro atoms. The second-order valence-electron chi connectivity index (χ2n) is 16.5. The summed E-state index contributed by atoms with van der Waals surface area (Å²) in [5, 5.41) is 26.2. The predicted molar refractivity (Wildman–Crippen MR) is 249 cm³/mol. The van der Waals surface area contributed by atoms with Gasteiger partial charge in [-0.2, -0.15) is 0 Å². The van der Waals surface area contributed by atoms with E-state index in [0.717, 1.165) is 89.9 Å². The lowest BCUT2D eigenvalue weighted by atomic mass is 9.95. The SMILES string of the molecule is CCCC(C)=O.CC[C@@H](CCCCNC(=O)COCCOCCNC(=O)COCCOCCCC(=O)CC[C@H](NC(=O)CCCCCCCCCCCCCCC(=O)O)C(=O)O)C(C)=O. The normalized spacial score (nSPS) is 11.8. The number of ether oxygens (including phenoxy) is 4. The number of carboxylic acids is 2. The standard InChI is InChI=1S/C43H77N3O13.C5H10O/c1-3-36(35(2)47)19-16-17-25-44-40(50)33-59-32-30-57-28-26-45-41(51)34-58-31-29-56-27-18-20-37(48)23-24-38(43(54)55)46-39(49)21-14-12-10-8-6-4-5-7-9-11-13-15-22-42(52)53;1-3-4-5(2)6/h36,38H,3-34H2,1-2H3,(H,44,50)(H,45,51)(H,46,49)(H,52,53)(H,54,55);3-4H2,1-2H3/t36-,38-;/m0./s1. The Morgan fingerprint density at radius 2 is 0.985 bits per heavy atom. The number of Topliss-reactive ketones (excluding diaryl/α,β-unsaturated/α-hetero) is 3. The van der Waals surface area contributed by atoms with E-state index < -0.39 is 18.0 Å². The van der Waals surface area contributed by atoms with Crippen molar-refractivity contribution in [3.63, 3.8) is 0 Å². The van der Waals surface area contributed by atoms with Crippen LogP contribution in [0.15, 0.2) is 0 Å². The van der Waals surface area contributed by atoms with Crippen molar-refractivity contribution < 1.29 is 67.5 Å². The smallest absolute Gasteiger partial charge is 0.326 e. The second-order valence-corrected chi connectivity index (χ2v) is 16.5. The number of carbonyl (C=O) groups excluding carboxylic acids is 6. The highest BCUT2D eigenvalue weighted by Crippen LogP contribution is 2.14. The summed E-state index contributed by atoms with van der Waals surface area (Å²) < 4.78 is 21.4. The molecule has 0 bridgehead atoms. The van der Waals surface area contributed by atoms with Crippen LogP contribution < -0.4 is 16.0 Å². The van der Waals surface area contributed by atoms with Crippen molar-refractivity contribution in [2.75, 3.05) is 65.9 Å². The van der Waals surface area contributed by atoms with Crippen LogP contribution in [0.5, 0.6) is 0 Å². The minimum Gasteiger partial charge on any atom is -0.481 e. The van der Waals surface area contributed by atoms with Gasteiger partial charge in [0.2, 0.25) is 17.7 Å². The molecule has 0 aromatic rings. The molecular formula is C48H87N3O14. The molecule has 2 atom stereocenters. The van der Waals surface area contributed by atoms with E-state index in [-0.39, 0.29) is 119 Å². The minimum atomic E-state index is -1.16. The molecule has 0 heterocycles. The van der Waals surface area contributed by atoms with Gasteiger partial charge < -0.3 is 49.9 Å². The maximum absolute atomic E-state index is 12.3. The first-order chi connectivity index (χ1) is 31.2. The lowest BCUT2D eigenvalue weighted by Gasteiger charge is -2.14. The molecule has 0 radical (unpaired) electrons. The molecule has 0 fully saturated rings. The highest BCUT2D eigenvalue weighted by molar-refractivity contribution is 5.85. The molecule has 378 valence electrons. The summed E-state index contributed by atoms with van der Waals surface area (Å²) in [6, 6.07) is -1.10. The van der Waals surface area contributed by atoms with Gasteiger partial charge in [0.15, 0.2) is 0 Å². The molecule has 65 heavy (non-hydrogen) atoms. The maximum atomic E-state index is 12.3. The van der Waals surface area contributed by atoms with Gasteiger partial charge in [-0.15, -0.1) is 0 Å². The summed E-state index contributed by atoms with van der Waals surface area (Å²) in [4.78, 5) is 92.0. The van der Waals surface area contributed by atoms with Crippen LogP contribution in [0, 0.1) is 5.92 Å². The number of nitrogens with one attached hydrogen (secondary N) is 3. The van der Waals surface area contributed by atoms with E-state index in [4.69, 9.17) is 24.1 Å². The van der Waals surface area contributed by atoms with Crippen molar-refractivity contribution in [1.82, 2.24) is 16.0 Å². The molecule has 17 nitrogen and oxygen atoms in total. The Hall–Kier alpha value is -3.80. The van der Waals surface area contributed by atoms with Crippen molar-refractivity contribution in [1.29, 1.82) is 0 Å². The summed E-state index contributed by atoms with van der Waals surface area (Å²) in [6.07, 6.45) is 18.8. The van der Waals surface area contributed by atoms with Crippen molar-refractivity contribution in [3.05, 3.63) is 0 Å². The lowest BCUT2D eigenvalue weighted by Crippen LogP contribution is -2.41. The number of aliphatic carboxylic acids is 2. The number of hydrogen-bond donors (Lipinski definition) is 5. The van der Waals surface area contributed by atoms with Crippen LogP contribution in [0.3, 0.4) is 0 Å². The fourth-order valence-electron chi connectivity index (χ4n) is 6.58. The van der Waals surface area contributed by atoms with E-state index in [1.807, 2.05) is 13.8 Å². The first-order valence-corrected chi connectivity index (χ1v) is 24.3. The van der Waals surface area contributed by atoms with E-state index in [2.05, 4.69) is 16.0 Å². The molecular weight excluding hydrogens is 843 g/mol. The zero-order valence-corrected chi connectivity index (χ0v) is 40.5. The molecule has 0 rings (SSSR count). The Bertz CT molecular complexity index is 1280. The van der Waals surface area contributed by atoms with Gasteiger partial charge in [0.25, 0.3) is 0 Å². The number of hydrogen-bond acceptors (Lipinski definition) is 12. The zero-order chi connectivity index (χ0) is 48.8. The number of carbonyl (C=O) groups is 8. The van der Waals surface area contributed by atoms with Crippen LogP contribution in [0.2, 0.25) is 0 Å². The Kier molecular flexibility index (Phi) is 45.5. The molecule has 3 amide bonds. The summed E-state index contributed by atoms with van der Waals surface area (Å²) in [5.41, 5.74) is 0. The van der Waals surface area contributed by atoms with E-state index in [0.29, 0.717) is 32.5 Å². The van der Waals surface area contributed by atoms with Crippen LogP contribution in [0.1, 0.15) is 182 Å². The van der Waals surface area contributed by atoms with Gasteiger partial charge in [0.05, 0.1) is 33.0 Å². The third kappa shape index (κ3) is 48.0. The Morgan fingerprint density at radius 3 is 1.46 bits per heavy atom. The molecule has 5 N–H and O–H groups in total. The average Bonchev–Trinajstić information content (AvgIpc) is 3.25. The first-order valence-electron chi connectivity index (χ1n) is 24.3. The van der Waals surface area contributed by atoms with Gasteiger partial charge in [-0.3, -0.25) is 28.8 Å². The molecule has 0 aliphatic heterocycles. The summed E-state index contributed by atoms with van der Waals surface area (Å²) in [5.74, 6) is -2.21. The zero-order valence-electron chi connectivity index (χ0n) is 40.5. The fraction of sp³-hybridized carbons (Fsp3) is 0.833. The molecule has 0 aliphatic carbocycles. The van der Waals surface area contributed by atoms with E-state index in [1.165, 1.54) is 19.3 Å². The quantitative estimate of drug-likeness (QED) is 0.0399.